The number of halogens is 2. The van der Waals surface area contributed by atoms with Gasteiger partial charge in [-0.1, -0.05) is 0 Å². The lowest BCUT2D eigenvalue weighted by Gasteiger charge is -2.37. The number of rotatable bonds is 5. The van der Waals surface area contributed by atoms with Crippen molar-refractivity contribution in [3.63, 3.8) is 0 Å². The molecule has 1 amide bonds. The minimum Gasteiger partial charge on any atom is -0.480 e. The van der Waals surface area contributed by atoms with Crippen LogP contribution in [0.5, 0.6) is 5.88 Å². The highest BCUT2D eigenvalue weighted by Crippen LogP contribution is 2.31. The van der Waals surface area contributed by atoms with E-state index in [9.17, 15) is 13.6 Å². The molecule has 0 aliphatic carbocycles. The van der Waals surface area contributed by atoms with Crippen LogP contribution in [0, 0.1) is 0 Å². The third kappa shape index (κ3) is 4.10. The van der Waals surface area contributed by atoms with Crippen LogP contribution in [-0.4, -0.2) is 63.2 Å². The summed E-state index contributed by atoms with van der Waals surface area (Å²) in [5.41, 5.74) is 6.39. The molecule has 1 aliphatic heterocycles. The van der Waals surface area contributed by atoms with Crippen molar-refractivity contribution in [2.45, 2.75) is 18.4 Å². The Morgan fingerprint density at radius 2 is 2.25 bits per heavy atom. The zero-order valence-corrected chi connectivity index (χ0v) is 14.9. The summed E-state index contributed by atoms with van der Waals surface area (Å²) in [4.78, 5) is 23.8. The molecule has 0 radical (unpaired) electrons. The average molecular weight is 395 g/mol. The number of hydrogen-bond acceptors (Lipinski definition) is 8. The second-order valence-corrected chi connectivity index (χ2v) is 6.13. The fourth-order valence-corrected chi connectivity index (χ4v) is 2.78. The van der Waals surface area contributed by atoms with E-state index in [1.165, 1.54) is 13.3 Å². The van der Waals surface area contributed by atoms with Gasteiger partial charge in [0.2, 0.25) is 11.8 Å². The van der Waals surface area contributed by atoms with E-state index in [2.05, 4.69) is 25.6 Å². The molecule has 0 saturated carbocycles. The number of nitrogens with two attached hydrogens (primary N) is 1. The number of nitrogens with zero attached hydrogens (tertiary/aromatic N) is 4. The van der Waals surface area contributed by atoms with Crippen molar-refractivity contribution in [2.75, 3.05) is 36.6 Å². The number of alkyl halides is 2. The molecule has 1 atom stereocenters. The number of nitrogens with one attached hydrogen (secondary N) is 2. The molecule has 1 aliphatic rings. The summed E-state index contributed by atoms with van der Waals surface area (Å²) in [5, 5.41) is 14.4. The molecule has 2 aromatic heterocycles. The second kappa shape index (κ2) is 7.66. The first kappa shape index (κ1) is 19.3. The van der Waals surface area contributed by atoms with Gasteiger partial charge in [0.15, 0.2) is 5.82 Å². The average Bonchev–Trinajstić information content (AvgIpc) is 2.66. The third-order valence-corrected chi connectivity index (χ3v) is 4.21. The second-order valence-electron chi connectivity index (χ2n) is 6.13. The Morgan fingerprint density at radius 1 is 1.46 bits per heavy atom. The van der Waals surface area contributed by atoms with Crippen LogP contribution in [0.25, 0.3) is 0 Å². The van der Waals surface area contributed by atoms with Gasteiger partial charge in [-0.25, -0.2) is 23.5 Å². The predicted octanol–water partition coefficient (Wildman–Crippen LogP) is 2.01. The highest BCUT2D eigenvalue weighted by Gasteiger charge is 2.46. The number of carboxylic acid groups (broad SMARTS) is 1. The van der Waals surface area contributed by atoms with Crippen LogP contribution >= 0.6 is 0 Å². The number of nitrogen functional groups attached to an aromatic ring is 1. The number of amides is 1. The Hall–Kier alpha value is -3.44. The molecule has 0 bridgehead atoms. The molecule has 3 heterocycles. The van der Waals surface area contributed by atoms with Gasteiger partial charge in [0, 0.05) is 12.7 Å². The van der Waals surface area contributed by atoms with Gasteiger partial charge >= 0.3 is 6.09 Å². The molecule has 1 fully saturated rings. The fraction of sp³-hybridized carbons (Fsp3) is 0.375. The summed E-state index contributed by atoms with van der Waals surface area (Å²) in [7, 11) is 1.45. The van der Waals surface area contributed by atoms with Gasteiger partial charge in [-0.15, -0.1) is 0 Å². The van der Waals surface area contributed by atoms with Crippen molar-refractivity contribution in [3.8, 4) is 5.88 Å². The maximum atomic E-state index is 14.4. The Morgan fingerprint density at radius 3 is 2.93 bits per heavy atom. The smallest absolute Gasteiger partial charge is 0.407 e. The van der Waals surface area contributed by atoms with Crippen molar-refractivity contribution in [1.29, 1.82) is 0 Å². The van der Waals surface area contributed by atoms with E-state index in [0.29, 0.717) is 16.5 Å². The van der Waals surface area contributed by atoms with Crippen molar-refractivity contribution < 1.29 is 23.4 Å². The number of likely N-dealkylation sites (tertiary alicyclic amines) is 1. The van der Waals surface area contributed by atoms with E-state index in [-0.39, 0.29) is 30.4 Å². The first-order valence-electron chi connectivity index (χ1n) is 8.31. The number of anilines is 4. The molecule has 12 heteroatoms. The summed E-state index contributed by atoms with van der Waals surface area (Å²) in [6, 6.07) is 2.05. The van der Waals surface area contributed by atoms with Gasteiger partial charge in [0.25, 0.3) is 5.92 Å². The number of methoxy groups -OCH3 is 1. The summed E-state index contributed by atoms with van der Waals surface area (Å²) in [6.45, 7) is -0.922. The molecule has 1 unspecified atom stereocenters. The van der Waals surface area contributed by atoms with E-state index in [1.807, 2.05) is 0 Å². The van der Waals surface area contributed by atoms with E-state index in [0.717, 1.165) is 0 Å². The van der Waals surface area contributed by atoms with Gasteiger partial charge in [0.05, 0.1) is 31.6 Å². The molecule has 150 valence electrons. The molecule has 1 saturated heterocycles. The van der Waals surface area contributed by atoms with Gasteiger partial charge in [0.1, 0.15) is 5.69 Å². The van der Waals surface area contributed by atoms with Crippen molar-refractivity contribution >= 4 is 29.2 Å². The molecule has 0 spiro atoms. The van der Waals surface area contributed by atoms with Crippen molar-refractivity contribution in [2.24, 2.45) is 0 Å². The summed E-state index contributed by atoms with van der Waals surface area (Å²) in [6.07, 6.45) is 1.36. The topological polar surface area (TPSA) is 139 Å². The van der Waals surface area contributed by atoms with E-state index < -0.39 is 24.6 Å². The SMILES string of the molecule is COc1ncccc1Nc1ncc(N)c(NC2CCN(C(=O)O)CC2(F)F)n1. The number of aromatic nitrogens is 3. The number of piperidine rings is 1. The quantitative estimate of drug-likeness (QED) is 0.599. The largest absolute Gasteiger partial charge is 0.480 e. The van der Waals surface area contributed by atoms with Gasteiger partial charge < -0.3 is 31.1 Å². The van der Waals surface area contributed by atoms with Crippen LogP contribution in [0.4, 0.5) is 36.7 Å². The van der Waals surface area contributed by atoms with Crippen LogP contribution in [0.15, 0.2) is 24.5 Å². The Kier molecular flexibility index (Phi) is 5.29. The molecule has 5 N–H and O–H groups in total. The monoisotopic (exact) mass is 395 g/mol. The van der Waals surface area contributed by atoms with Crippen LogP contribution in [0.1, 0.15) is 6.42 Å². The Balaban J connectivity index is 1.78. The Labute approximate surface area is 158 Å². The minimum atomic E-state index is -3.28. The molecule has 3 rings (SSSR count). The van der Waals surface area contributed by atoms with E-state index >= 15 is 0 Å². The zero-order chi connectivity index (χ0) is 20.3. The van der Waals surface area contributed by atoms with Crippen molar-refractivity contribution in [1.82, 2.24) is 19.9 Å². The lowest BCUT2D eigenvalue weighted by molar-refractivity contribution is -0.0672. The lowest BCUT2D eigenvalue weighted by Crippen LogP contribution is -2.55. The number of hydrogen-bond donors (Lipinski definition) is 4. The van der Waals surface area contributed by atoms with Crippen LogP contribution in [0.2, 0.25) is 0 Å². The maximum absolute atomic E-state index is 14.4. The zero-order valence-electron chi connectivity index (χ0n) is 14.9. The van der Waals surface area contributed by atoms with Gasteiger partial charge in [-0.3, -0.25) is 0 Å². The number of carbonyl (C=O) groups is 1. The van der Waals surface area contributed by atoms with Gasteiger partial charge in [-0.2, -0.15) is 4.98 Å². The fourth-order valence-electron chi connectivity index (χ4n) is 2.78. The Bertz CT molecular complexity index is 868. The van der Waals surface area contributed by atoms with Crippen LogP contribution < -0.4 is 21.1 Å². The molecule has 28 heavy (non-hydrogen) atoms. The summed E-state index contributed by atoms with van der Waals surface area (Å²) >= 11 is 0. The molecular weight excluding hydrogens is 376 g/mol. The molecule has 2 aromatic rings. The van der Waals surface area contributed by atoms with Crippen LogP contribution in [-0.2, 0) is 0 Å². The molecular formula is C16H19F2N7O3. The van der Waals surface area contributed by atoms with Crippen molar-refractivity contribution in [3.05, 3.63) is 24.5 Å². The first-order chi connectivity index (χ1) is 13.3. The predicted molar refractivity (Wildman–Crippen MR) is 97.1 cm³/mol. The first-order valence-corrected chi connectivity index (χ1v) is 8.31. The maximum Gasteiger partial charge on any atom is 0.407 e. The highest BCUT2D eigenvalue weighted by atomic mass is 19.3. The standard InChI is InChI=1S/C16H19F2N7O3/c1-28-13-10(3-2-5-20-13)22-14-21-7-9(19)12(24-14)23-11-4-6-25(15(26)27)8-16(11,17)18/h2-3,5,7,11H,4,6,8,19H2,1H3,(H,26,27)(H2,21,22,23,24). The van der Waals surface area contributed by atoms with E-state index in [4.69, 9.17) is 15.6 Å². The lowest BCUT2D eigenvalue weighted by atomic mass is 10.0. The third-order valence-electron chi connectivity index (χ3n) is 4.21. The van der Waals surface area contributed by atoms with Crippen LogP contribution in [0.3, 0.4) is 0 Å². The number of ether oxygens (including phenoxy) is 1. The number of pyridine rings is 1. The van der Waals surface area contributed by atoms with E-state index in [1.54, 1.807) is 18.3 Å². The normalized spacial score (nSPS) is 18.4. The van der Waals surface area contributed by atoms with Gasteiger partial charge in [-0.05, 0) is 18.6 Å². The summed E-state index contributed by atoms with van der Waals surface area (Å²) in [5.74, 6) is -2.85. The minimum absolute atomic E-state index is 0.0220. The summed E-state index contributed by atoms with van der Waals surface area (Å²) < 4.78 is 33.8. The highest BCUT2D eigenvalue weighted by molar-refractivity contribution is 5.67. The molecule has 10 nitrogen and oxygen atoms in total. The molecule has 0 aromatic carbocycles.